The minimum atomic E-state index is -0.662. The summed E-state index contributed by atoms with van der Waals surface area (Å²) in [7, 11) is 0. The summed E-state index contributed by atoms with van der Waals surface area (Å²) >= 11 is 0. The van der Waals surface area contributed by atoms with E-state index in [2.05, 4.69) is 36.9 Å². The first-order valence-electron chi connectivity index (χ1n) is 6.48. The van der Waals surface area contributed by atoms with Crippen molar-refractivity contribution in [3.05, 3.63) is 34.9 Å². The zero-order valence-corrected chi connectivity index (χ0v) is 11.3. The Morgan fingerprint density at radius 1 is 1.33 bits per heavy atom. The topological polar surface area (TPSA) is 40.5 Å². The third-order valence-corrected chi connectivity index (χ3v) is 3.98. The van der Waals surface area contributed by atoms with E-state index in [1.165, 1.54) is 16.7 Å². The van der Waals surface area contributed by atoms with Gasteiger partial charge in [0.15, 0.2) is 0 Å². The smallest absolute Gasteiger partial charge is 0.308 e. The van der Waals surface area contributed by atoms with E-state index in [1.807, 2.05) is 6.92 Å². The normalized spacial score (nSPS) is 24.4. The molecule has 1 fully saturated rings. The van der Waals surface area contributed by atoms with E-state index < -0.39 is 5.97 Å². The average Bonchev–Trinajstić information content (AvgIpc) is 2.65. The lowest BCUT2D eigenvalue weighted by atomic mass is 9.99. The minimum absolute atomic E-state index is 0.212. The van der Waals surface area contributed by atoms with Crippen LogP contribution in [0, 0.1) is 25.7 Å². The van der Waals surface area contributed by atoms with Crippen LogP contribution in [-0.2, 0) is 11.3 Å². The van der Waals surface area contributed by atoms with Crippen LogP contribution in [0.3, 0.4) is 0 Å². The van der Waals surface area contributed by atoms with Crippen LogP contribution in [0.4, 0.5) is 0 Å². The van der Waals surface area contributed by atoms with Crippen LogP contribution in [-0.4, -0.2) is 29.1 Å². The van der Waals surface area contributed by atoms with Crippen LogP contribution in [0.2, 0.25) is 0 Å². The molecule has 2 rings (SSSR count). The maximum Gasteiger partial charge on any atom is 0.308 e. The first kappa shape index (κ1) is 13.1. The Kier molecular flexibility index (Phi) is 3.71. The number of carboxylic acid groups (broad SMARTS) is 1. The standard InChI is InChI=1S/C15H21NO2/c1-10-4-5-13(6-11(10)2)8-16-7-12(3)14(9-16)15(17)18/h4-6,12,14H,7-9H2,1-3H3,(H,17,18)/t12-,14-/m1/s1. The molecule has 1 saturated heterocycles. The number of aryl methyl sites for hydroxylation is 2. The molecule has 0 spiro atoms. The minimum Gasteiger partial charge on any atom is -0.481 e. The van der Waals surface area contributed by atoms with Gasteiger partial charge in [0.25, 0.3) is 0 Å². The Bertz CT molecular complexity index is 456. The van der Waals surface area contributed by atoms with E-state index in [9.17, 15) is 4.79 Å². The van der Waals surface area contributed by atoms with Crippen molar-refractivity contribution in [2.24, 2.45) is 11.8 Å². The van der Waals surface area contributed by atoms with Gasteiger partial charge in [0.2, 0.25) is 0 Å². The highest BCUT2D eigenvalue weighted by Gasteiger charge is 2.34. The van der Waals surface area contributed by atoms with Gasteiger partial charge in [-0.1, -0.05) is 25.1 Å². The van der Waals surface area contributed by atoms with Gasteiger partial charge in [0, 0.05) is 19.6 Å². The van der Waals surface area contributed by atoms with Crippen molar-refractivity contribution in [1.82, 2.24) is 4.90 Å². The molecule has 3 nitrogen and oxygen atoms in total. The van der Waals surface area contributed by atoms with Crippen LogP contribution in [0.25, 0.3) is 0 Å². The molecule has 1 N–H and O–H groups in total. The Labute approximate surface area is 108 Å². The van der Waals surface area contributed by atoms with Crippen molar-refractivity contribution >= 4 is 5.97 Å². The molecule has 1 aliphatic heterocycles. The second-order valence-corrected chi connectivity index (χ2v) is 5.53. The molecule has 2 atom stereocenters. The molecular weight excluding hydrogens is 226 g/mol. The molecule has 0 unspecified atom stereocenters. The predicted molar refractivity (Wildman–Crippen MR) is 71.5 cm³/mol. The monoisotopic (exact) mass is 247 g/mol. The third kappa shape index (κ3) is 2.72. The number of hydrogen-bond donors (Lipinski definition) is 1. The highest BCUT2D eigenvalue weighted by Crippen LogP contribution is 2.25. The van der Waals surface area contributed by atoms with Crippen molar-refractivity contribution in [3.63, 3.8) is 0 Å². The van der Waals surface area contributed by atoms with E-state index in [4.69, 9.17) is 5.11 Å². The fourth-order valence-corrected chi connectivity index (χ4v) is 2.68. The number of hydrogen-bond acceptors (Lipinski definition) is 2. The molecular formula is C15H21NO2. The van der Waals surface area contributed by atoms with Crippen molar-refractivity contribution in [2.45, 2.75) is 27.3 Å². The second kappa shape index (κ2) is 5.11. The number of nitrogens with zero attached hydrogens (tertiary/aromatic N) is 1. The lowest BCUT2D eigenvalue weighted by Crippen LogP contribution is -2.23. The fourth-order valence-electron chi connectivity index (χ4n) is 2.68. The van der Waals surface area contributed by atoms with Crippen LogP contribution in [0.5, 0.6) is 0 Å². The van der Waals surface area contributed by atoms with E-state index in [0.29, 0.717) is 6.54 Å². The number of rotatable bonds is 3. The lowest BCUT2D eigenvalue weighted by Gasteiger charge is -2.16. The van der Waals surface area contributed by atoms with Gasteiger partial charge in [-0.05, 0) is 36.5 Å². The molecule has 1 aromatic rings. The first-order chi connectivity index (χ1) is 8.47. The molecule has 1 aliphatic rings. The van der Waals surface area contributed by atoms with Crippen molar-refractivity contribution in [2.75, 3.05) is 13.1 Å². The molecule has 98 valence electrons. The Morgan fingerprint density at radius 3 is 2.61 bits per heavy atom. The third-order valence-electron chi connectivity index (χ3n) is 3.98. The Hall–Kier alpha value is -1.35. The van der Waals surface area contributed by atoms with Crippen LogP contribution >= 0.6 is 0 Å². The number of benzene rings is 1. The summed E-state index contributed by atoms with van der Waals surface area (Å²) in [6.07, 6.45) is 0. The number of likely N-dealkylation sites (tertiary alicyclic amines) is 1. The summed E-state index contributed by atoms with van der Waals surface area (Å²) in [4.78, 5) is 13.3. The Balaban J connectivity index is 2.03. The van der Waals surface area contributed by atoms with E-state index in [-0.39, 0.29) is 11.8 Å². The van der Waals surface area contributed by atoms with Gasteiger partial charge in [0.1, 0.15) is 0 Å². The molecule has 1 aromatic carbocycles. The Morgan fingerprint density at radius 2 is 2.06 bits per heavy atom. The number of carboxylic acids is 1. The maximum atomic E-state index is 11.1. The molecule has 0 radical (unpaired) electrons. The molecule has 3 heteroatoms. The molecule has 0 saturated carbocycles. The number of carbonyl (C=O) groups is 1. The van der Waals surface area contributed by atoms with Crippen LogP contribution in [0.15, 0.2) is 18.2 Å². The molecule has 0 aliphatic carbocycles. The fraction of sp³-hybridized carbons (Fsp3) is 0.533. The summed E-state index contributed by atoms with van der Waals surface area (Å²) in [5, 5.41) is 9.12. The second-order valence-electron chi connectivity index (χ2n) is 5.53. The van der Waals surface area contributed by atoms with Crippen molar-refractivity contribution in [1.29, 1.82) is 0 Å². The van der Waals surface area contributed by atoms with Gasteiger partial charge < -0.3 is 5.11 Å². The largest absolute Gasteiger partial charge is 0.481 e. The lowest BCUT2D eigenvalue weighted by molar-refractivity contribution is -0.142. The van der Waals surface area contributed by atoms with E-state index in [1.54, 1.807) is 0 Å². The van der Waals surface area contributed by atoms with E-state index >= 15 is 0 Å². The SMILES string of the molecule is Cc1ccc(CN2C[C@@H](C)[C@H](C(=O)O)C2)cc1C. The van der Waals surface area contributed by atoms with E-state index in [0.717, 1.165) is 13.1 Å². The highest BCUT2D eigenvalue weighted by molar-refractivity contribution is 5.71. The summed E-state index contributed by atoms with van der Waals surface area (Å²) in [5.41, 5.74) is 3.88. The van der Waals surface area contributed by atoms with Crippen molar-refractivity contribution < 1.29 is 9.90 Å². The highest BCUT2D eigenvalue weighted by atomic mass is 16.4. The van der Waals surface area contributed by atoms with Crippen LogP contribution in [0.1, 0.15) is 23.6 Å². The van der Waals surface area contributed by atoms with Crippen molar-refractivity contribution in [3.8, 4) is 0 Å². The summed E-state index contributed by atoms with van der Waals surface area (Å²) < 4.78 is 0. The zero-order valence-electron chi connectivity index (χ0n) is 11.3. The molecule has 18 heavy (non-hydrogen) atoms. The van der Waals surface area contributed by atoms with Crippen LogP contribution < -0.4 is 0 Å². The predicted octanol–water partition coefficient (Wildman–Crippen LogP) is 2.46. The van der Waals surface area contributed by atoms with Gasteiger partial charge in [-0.2, -0.15) is 0 Å². The molecule has 1 heterocycles. The maximum absolute atomic E-state index is 11.1. The average molecular weight is 247 g/mol. The van der Waals surface area contributed by atoms with Gasteiger partial charge in [-0.25, -0.2) is 0 Å². The quantitative estimate of drug-likeness (QED) is 0.892. The van der Waals surface area contributed by atoms with Gasteiger partial charge >= 0.3 is 5.97 Å². The summed E-state index contributed by atoms with van der Waals surface area (Å²) in [6, 6.07) is 6.48. The molecule has 0 amide bonds. The molecule has 0 bridgehead atoms. The number of aliphatic carboxylic acids is 1. The summed E-state index contributed by atoms with van der Waals surface area (Å²) in [6.45, 7) is 8.66. The summed E-state index contributed by atoms with van der Waals surface area (Å²) in [5.74, 6) is -0.629. The van der Waals surface area contributed by atoms with Gasteiger partial charge in [0.05, 0.1) is 5.92 Å². The zero-order chi connectivity index (χ0) is 13.3. The molecule has 0 aromatic heterocycles. The first-order valence-corrected chi connectivity index (χ1v) is 6.48. The van der Waals surface area contributed by atoms with Gasteiger partial charge in [-0.15, -0.1) is 0 Å². The van der Waals surface area contributed by atoms with Gasteiger partial charge in [-0.3, -0.25) is 9.69 Å².